The van der Waals surface area contributed by atoms with E-state index in [1.165, 1.54) is 0 Å². The molecule has 3 heteroatoms. The Morgan fingerprint density at radius 2 is 1.05 bits per heavy atom. The maximum atomic E-state index is 11.2. The minimum absolute atomic E-state index is 0.447. The molecular formula is C19H14ClNO. The molecule has 0 aliphatic heterocycles. The SMILES string of the molecule is O=C(Cl)c1ccc(N(c2ccccc2)c2ccccc2)cc1. The summed E-state index contributed by atoms with van der Waals surface area (Å²) >= 11 is 5.52. The average molecular weight is 308 g/mol. The molecular weight excluding hydrogens is 294 g/mol. The lowest BCUT2D eigenvalue weighted by Crippen LogP contribution is -2.09. The monoisotopic (exact) mass is 307 g/mol. The second-order valence-corrected chi connectivity index (χ2v) is 5.17. The molecule has 0 atom stereocenters. The molecule has 0 amide bonds. The lowest BCUT2D eigenvalue weighted by molar-refractivity contribution is 0.108. The molecule has 3 aromatic rings. The summed E-state index contributed by atoms with van der Waals surface area (Å²) in [6.07, 6.45) is 0. The van der Waals surface area contributed by atoms with Crippen LogP contribution < -0.4 is 4.90 Å². The fourth-order valence-corrected chi connectivity index (χ4v) is 2.47. The van der Waals surface area contributed by atoms with Gasteiger partial charge in [-0.2, -0.15) is 0 Å². The number of hydrogen-bond acceptors (Lipinski definition) is 2. The van der Waals surface area contributed by atoms with E-state index < -0.39 is 5.24 Å². The van der Waals surface area contributed by atoms with Crippen molar-refractivity contribution in [2.45, 2.75) is 0 Å². The maximum absolute atomic E-state index is 11.2. The standard InChI is InChI=1S/C19H14ClNO/c20-19(22)15-11-13-18(14-12-15)21(16-7-3-1-4-8-16)17-9-5-2-6-10-17/h1-14H. The normalized spacial score (nSPS) is 10.2. The van der Waals surface area contributed by atoms with Crippen LogP contribution in [0.25, 0.3) is 0 Å². The van der Waals surface area contributed by atoms with Crippen LogP contribution in [0.15, 0.2) is 84.9 Å². The molecule has 108 valence electrons. The zero-order valence-electron chi connectivity index (χ0n) is 11.8. The van der Waals surface area contributed by atoms with E-state index in [1.807, 2.05) is 72.8 Å². The Kier molecular flexibility index (Phi) is 4.22. The molecule has 0 N–H and O–H groups in total. The van der Waals surface area contributed by atoms with Crippen LogP contribution >= 0.6 is 11.6 Å². The van der Waals surface area contributed by atoms with Crippen molar-refractivity contribution in [3.63, 3.8) is 0 Å². The summed E-state index contributed by atoms with van der Waals surface area (Å²) < 4.78 is 0. The Morgan fingerprint density at radius 1 is 0.636 bits per heavy atom. The van der Waals surface area contributed by atoms with E-state index in [0.717, 1.165) is 17.1 Å². The molecule has 0 heterocycles. The lowest BCUT2D eigenvalue weighted by atomic mass is 10.1. The van der Waals surface area contributed by atoms with Crippen LogP contribution in [-0.4, -0.2) is 5.24 Å². The number of carbonyl (C=O) groups excluding carboxylic acids is 1. The molecule has 2 nitrogen and oxygen atoms in total. The van der Waals surface area contributed by atoms with Gasteiger partial charge in [-0.15, -0.1) is 0 Å². The topological polar surface area (TPSA) is 20.3 Å². The first kappa shape index (κ1) is 14.4. The van der Waals surface area contributed by atoms with Crippen LogP contribution in [0.4, 0.5) is 17.1 Å². The number of benzene rings is 3. The highest BCUT2D eigenvalue weighted by Gasteiger charge is 2.12. The molecule has 0 spiro atoms. The van der Waals surface area contributed by atoms with Crippen LogP contribution in [0.5, 0.6) is 0 Å². The maximum Gasteiger partial charge on any atom is 0.252 e. The molecule has 0 aliphatic rings. The van der Waals surface area contributed by atoms with Crippen LogP contribution in [0.1, 0.15) is 10.4 Å². The van der Waals surface area contributed by atoms with Crippen molar-refractivity contribution in [2.24, 2.45) is 0 Å². The zero-order chi connectivity index (χ0) is 15.4. The third kappa shape index (κ3) is 3.02. The van der Waals surface area contributed by atoms with Crippen molar-refractivity contribution < 1.29 is 4.79 Å². The van der Waals surface area contributed by atoms with Crippen molar-refractivity contribution in [1.82, 2.24) is 0 Å². The highest BCUT2D eigenvalue weighted by atomic mass is 35.5. The molecule has 3 aromatic carbocycles. The number of nitrogens with zero attached hydrogens (tertiary/aromatic N) is 1. The van der Waals surface area contributed by atoms with E-state index in [1.54, 1.807) is 12.1 Å². The first-order chi connectivity index (χ1) is 10.8. The number of carbonyl (C=O) groups is 1. The van der Waals surface area contributed by atoms with Gasteiger partial charge in [0.05, 0.1) is 0 Å². The van der Waals surface area contributed by atoms with E-state index in [-0.39, 0.29) is 0 Å². The molecule has 0 aliphatic carbocycles. The summed E-state index contributed by atoms with van der Waals surface area (Å²) in [4.78, 5) is 13.3. The summed E-state index contributed by atoms with van der Waals surface area (Å²) in [6.45, 7) is 0. The zero-order valence-corrected chi connectivity index (χ0v) is 12.6. The van der Waals surface area contributed by atoms with E-state index in [2.05, 4.69) is 4.90 Å². The predicted octanol–water partition coefficient (Wildman–Crippen LogP) is 5.54. The Bertz CT molecular complexity index is 715. The van der Waals surface area contributed by atoms with E-state index in [9.17, 15) is 4.79 Å². The van der Waals surface area contributed by atoms with Gasteiger partial charge in [0.2, 0.25) is 0 Å². The molecule has 0 saturated carbocycles. The quantitative estimate of drug-likeness (QED) is 0.590. The Labute approximate surface area is 134 Å². The van der Waals surface area contributed by atoms with E-state index in [0.29, 0.717) is 5.56 Å². The number of para-hydroxylation sites is 2. The van der Waals surface area contributed by atoms with E-state index in [4.69, 9.17) is 11.6 Å². The number of anilines is 3. The number of halogens is 1. The van der Waals surface area contributed by atoms with Gasteiger partial charge in [-0.3, -0.25) is 4.79 Å². The fraction of sp³-hybridized carbons (Fsp3) is 0. The van der Waals surface area contributed by atoms with Crippen LogP contribution in [-0.2, 0) is 0 Å². The van der Waals surface area contributed by atoms with Gasteiger partial charge in [-0.05, 0) is 60.1 Å². The second-order valence-electron chi connectivity index (χ2n) is 4.83. The molecule has 0 unspecified atom stereocenters. The van der Waals surface area contributed by atoms with Crippen molar-refractivity contribution in [2.75, 3.05) is 4.90 Å². The Hall–Kier alpha value is -2.58. The largest absolute Gasteiger partial charge is 0.311 e. The molecule has 22 heavy (non-hydrogen) atoms. The highest BCUT2D eigenvalue weighted by Crippen LogP contribution is 2.34. The van der Waals surface area contributed by atoms with Crippen LogP contribution in [0, 0.1) is 0 Å². The smallest absolute Gasteiger partial charge is 0.252 e. The Balaban J connectivity index is 2.08. The molecule has 0 radical (unpaired) electrons. The number of hydrogen-bond donors (Lipinski definition) is 0. The van der Waals surface area contributed by atoms with Gasteiger partial charge in [0, 0.05) is 22.6 Å². The van der Waals surface area contributed by atoms with Gasteiger partial charge >= 0.3 is 0 Å². The lowest BCUT2D eigenvalue weighted by Gasteiger charge is -2.25. The number of rotatable bonds is 4. The van der Waals surface area contributed by atoms with Gasteiger partial charge < -0.3 is 4.90 Å². The van der Waals surface area contributed by atoms with Crippen molar-refractivity contribution in [1.29, 1.82) is 0 Å². The second kappa shape index (κ2) is 6.46. The minimum atomic E-state index is -0.447. The van der Waals surface area contributed by atoms with Crippen molar-refractivity contribution >= 4 is 33.9 Å². The van der Waals surface area contributed by atoms with E-state index >= 15 is 0 Å². The third-order valence-electron chi connectivity index (χ3n) is 3.38. The van der Waals surface area contributed by atoms with Crippen molar-refractivity contribution in [3.05, 3.63) is 90.5 Å². The summed E-state index contributed by atoms with van der Waals surface area (Å²) in [6, 6.07) is 27.5. The van der Waals surface area contributed by atoms with Gasteiger partial charge in [0.25, 0.3) is 5.24 Å². The first-order valence-electron chi connectivity index (χ1n) is 6.96. The van der Waals surface area contributed by atoms with Gasteiger partial charge in [0.15, 0.2) is 0 Å². The van der Waals surface area contributed by atoms with Gasteiger partial charge in [-0.1, -0.05) is 36.4 Å². The summed E-state index contributed by atoms with van der Waals surface area (Å²) in [5.41, 5.74) is 3.57. The molecule has 0 aromatic heterocycles. The fourth-order valence-electron chi connectivity index (χ4n) is 2.34. The molecule has 3 rings (SSSR count). The highest BCUT2D eigenvalue weighted by molar-refractivity contribution is 6.67. The van der Waals surface area contributed by atoms with Crippen molar-refractivity contribution in [3.8, 4) is 0 Å². The Morgan fingerprint density at radius 3 is 1.45 bits per heavy atom. The van der Waals surface area contributed by atoms with Crippen LogP contribution in [0.2, 0.25) is 0 Å². The molecule has 0 fully saturated rings. The molecule has 0 bridgehead atoms. The minimum Gasteiger partial charge on any atom is -0.311 e. The first-order valence-corrected chi connectivity index (χ1v) is 7.33. The predicted molar refractivity (Wildman–Crippen MR) is 91.3 cm³/mol. The summed E-state index contributed by atoms with van der Waals surface area (Å²) in [7, 11) is 0. The van der Waals surface area contributed by atoms with Crippen LogP contribution in [0.3, 0.4) is 0 Å². The third-order valence-corrected chi connectivity index (χ3v) is 3.60. The molecule has 0 saturated heterocycles. The summed E-state index contributed by atoms with van der Waals surface area (Å²) in [5, 5.41) is -0.447. The van der Waals surface area contributed by atoms with Gasteiger partial charge in [0.1, 0.15) is 0 Å². The average Bonchev–Trinajstić information content (AvgIpc) is 2.57. The van der Waals surface area contributed by atoms with Gasteiger partial charge in [-0.25, -0.2) is 0 Å². The summed E-state index contributed by atoms with van der Waals surface area (Å²) in [5.74, 6) is 0.